The maximum Gasteiger partial charge on any atom is 0.325 e. The van der Waals surface area contributed by atoms with E-state index in [0.717, 1.165) is 14.2 Å². The molecule has 0 atom stereocenters. The van der Waals surface area contributed by atoms with E-state index in [1.807, 2.05) is 0 Å². The highest BCUT2D eigenvalue weighted by Gasteiger charge is 2.62. The van der Waals surface area contributed by atoms with Crippen LogP contribution in [0.25, 0.3) is 0 Å². The van der Waals surface area contributed by atoms with Crippen LogP contribution in [0.4, 0.5) is 51.2 Å². The average molecular weight is 1340 g/mol. The molecule has 0 fully saturated rings. The molecular formula is C66H39N9O24. The van der Waals surface area contributed by atoms with Gasteiger partial charge in [-0.2, -0.15) is 0 Å². The van der Waals surface area contributed by atoms with E-state index in [-0.39, 0.29) is 79.0 Å². The van der Waals surface area contributed by atoms with Gasteiger partial charge in [-0.1, -0.05) is 54.6 Å². The largest absolute Gasteiger partial charge is 0.468 e. The number of carbonyl (C=O) groups excluding carboxylic acids is 3. The maximum atomic E-state index is 13.5. The lowest BCUT2D eigenvalue weighted by atomic mass is 9.52. The van der Waals surface area contributed by atoms with Crippen molar-refractivity contribution >= 4 is 69.1 Å². The predicted octanol–water partition coefficient (Wildman–Crippen LogP) is 11.2. The van der Waals surface area contributed by atoms with Crippen molar-refractivity contribution in [2.75, 3.05) is 21.3 Å². The number of non-ortho nitro benzene ring substituents is 9. The van der Waals surface area contributed by atoms with E-state index < -0.39 is 96.2 Å². The Morgan fingerprint density at radius 1 is 0.242 bits per heavy atom. The number of nitro benzene ring substituents is 9. The Kier molecular flexibility index (Phi) is 14.5. The summed E-state index contributed by atoms with van der Waals surface area (Å²) in [6, 6.07) is 36.6. The van der Waals surface area contributed by atoms with E-state index in [9.17, 15) is 105 Å². The summed E-state index contributed by atoms with van der Waals surface area (Å²) in [7, 11) is 3.45. The molecule has 492 valence electrons. The Balaban J connectivity index is 0.000000133. The van der Waals surface area contributed by atoms with Gasteiger partial charge in [-0.15, -0.1) is 0 Å². The fourth-order valence-electron chi connectivity index (χ4n) is 15.4. The number of hydrogen-bond donors (Lipinski definition) is 0. The number of carbonyl (C=O) groups is 3. The van der Waals surface area contributed by atoms with Gasteiger partial charge in [-0.3, -0.25) is 105 Å². The number of hydrogen-bond acceptors (Lipinski definition) is 24. The van der Waals surface area contributed by atoms with Gasteiger partial charge in [0, 0.05) is 127 Å². The molecule has 6 bridgehead atoms. The van der Waals surface area contributed by atoms with Crippen LogP contribution in [-0.2, 0) is 44.8 Å². The highest BCUT2D eigenvalue weighted by Crippen LogP contribution is 2.64. The van der Waals surface area contributed by atoms with Crippen molar-refractivity contribution in [3.05, 3.63) is 355 Å². The summed E-state index contributed by atoms with van der Waals surface area (Å²) in [6.45, 7) is 0. The van der Waals surface area contributed by atoms with Crippen LogP contribution in [0.15, 0.2) is 164 Å². The monoisotopic (exact) mass is 1340 g/mol. The third-order valence-corrected chi connectivity index (χ3v) is 19.1. The molecule has 0 radical (unpaired) electrons. The molecule has 99 heavy (non-hydrogen) atoms. The van der Waals surface area contributed by atoms with Crippen LogP contribution in [0.5, 0.6) is 0 Å². The summed E-state index contributed by atoms with van der Waals surface area (Å²) >= 11 is 0. The van der Waals surface area contributed by atoms with E-state index in [4.69, 9.17) is 14.2 Å². The topological polar surface area (TPSA) is 467 Å². The van der Waals surface area contributed by atoms with Crippen LogP contribution in [0, 0.1) is 91.0 Å². The van der Waals surface area contributed by atoms with Crippen molar-refractivity contribution in [3.8, 4) is 0 Å². The number of nitrogens with zero attached hydrogens (tertiary/aromatic N) is 9. The summed E-state index contributed by atoms with van der Waals surface area (Å²) in [5.41, 5.74) is -0.266. The molecule has 33 heteroatoms. The normalized spacial score (nSPS) is 19.1. The number of benzene rings is 9. The van der Waals surface area contributed by atoms with Gasteiger partial charge in [0.25, 0.3) is 51.2 Å². The molecule has 0 unspecified atom stereocenters. The number of rotatable bonds is 12. The van der Waals surface area contributed by atoms with Gasteiger partial charge in [0.2, 0.25) is 0 Å². The Morgan fingerprint density at radius 3 is 0.586 bits per heavy atom. The molecule has 0 saturated heterocycles. The third kappa shape index (κ3) is 8.82. The second-order valence-electron chi connectivity index (χ2n) is 23.3. The highest BCUT2D eigenvalue weighted by atomic mass is 16.7. The molecule has 0 spiro atoms. The number of ether oxygens (including phenoxy) is 3. The van der Waals surface area contributed by atoms with E-state index in [2.05, 4.69) is 0 Å². The van der Waals surface area contributed by atoms with Crippen molar-refractivity contribution in [1.29, 1.82) is 0 Å². The van der Waals surface area contributed by atoms with Gasteiger partial charge in [0.15, 0.2) is 0 Å². The fourth-order valence-corrected chi connectivity index (χ4v) is 15.4. The quantitative estimate of drug-likeness (QED) is 0.0474. The van der Waals surface area contributed by atoms with Gasteiger partial charge in [0.1, 0.15) is 16.2 Å². The zero-order valence-corrected chi connectivity index (χ0v) is 50.6. The second-order valence-corrected chi connectivity index (χ2v) is 23.3. The van der Waals surface area contributed by atoms with Crippen LogP contribution in [0.2, 0.25) is 0 Å². The molecule has 0 heterocycles. The van der Waals surface area contributed by atoms with Crippen LogP contribution in [0.3, 0.4) is 0 Å². The summed E-state index contributed by atoms with van der Waals surface area (Å²) in [6.07, 6.45) is 0. The minimum absolute atomic E-state index is 0.187. The lowest BCUT2D eigenvalue weighted by molar-refractivity contribution is -0.385. The first kappa shape index (κ1) is 63.7. The molecule has 18 rings (SSSR count). The first-order valence-electron chi connectivity index (χ1n) is 29.0. The zero-order chi connectivity index (χ0) is 71.0. The first-order valence-corrected chi connectivity index (χ1v) is 29.0. The lowest BCUT2D eigenvalue weighted by Crippen LogP contribution is -2.48. The highest BCUT2D eigenvalue weighted by molar-refractivity contribution is 6.01. The van der Waals surface area contributed by atoms with Gasteiger partial charge in [-0.25, -0.2) is 0 Å². The zero-order valence-electron chi connectivity index (χ0n) is 50.6. The SMILES string of the molecule is COC(=O)C12c3cc([N+](=O)[O-])ccc3C(c3ccc([N+](=O)[O-])cc31)c1ccc([N+](=O)[O-])cc12.COC(=O)C12c3ccc([N+](=O)[O-])cc3C(c3cc([N+](=O)[O-])ccc31)c1ccc([N+](=O)[O-])cc12.COC(=O)C12c3ccc([N+](=O)[O-])cc3C(c3ccc([N+](=O)[O-])cc31)c1ccc([N+](=O)[O-])cc12. The van der Waals surface area contributed by atoms with Crippen molar-refractivity contribution in [1.82, 2.24) is 0 Å². The number of nitro groups is 9. The minimum atomic E-state index is -1.85. The summed E-state index contributed by atoms with van der Waals surface area (Å²) in [4.78, 5) is 139. The molecule has 0 aliphatic heterocycles. The van der Waals surface area contributed by atoms with Gasteiger partial charge < -0.3 is 14.2 Å². The van der Waals surface area contributed by atoms with E-state index >= 15 is 0 Å². The van der Waals surface area contributed by atoms with Crippen molar-refractivity contribution in [2.24, 2.45) is 0 Å². The summed E-state index contributed by atoms with van der Waals surface area (Å²) in [5.74, 6) is -4.26. The van der Waals surface area contributed by atoms with E-state index in [1.54, 1.807) is 18.2 Å². The van der Waals surface area contributed by atoms with Crippen molar-refractivity contribution in [3.63, 3.8) is 0 Å². The number of esters is 3. The molecule has 33 nitrogen and oxygen atoms in total. The number of methoxy groups -OCH3 is 3. The minimum Gasteiger partial charge on any atom is -0.468 e. The molecule has 9 aromatic carbocycles. The molecule has 9 aliphatic carbocycles. The molecular weight excluding hydrogens is 1300 g/mol. The van der Waals surface area contributed by atoms with Crippen molar-refractivity contribution in [2.45, 2.75) is 34.0 Å². The van der Waals surface area contributed by atoms with Crippen LogP contribution in [0.1, 0.15) is 118 Å². The molecule has 0 N–H and O–H groups in total. The van der Waals surface area contributed by atoms with Gasteiger partial charge in [0.05, 0.1) is 65.6 Å². The fraction of sp³-hybridized carbons (Fsp3) is 0.136. The van der Waals surface area contributed by atoms with Crippen LogP contribution < -0.4 is 0 Å². The standard InChI is InChI=1S/3C22H13N3O8/c1-33-21(26)22-17-7-4-11(23(27)28)8-16(17)20(14-5-2-12(24(29)30)9-18(14)22)15-6-3-13(25(31)32)10-19(15)22;1-33-21(26)22-17-6-3-11(23(27)28)8-15(17)20(14-5-2-13(25(31)32)10-19(14)22)16-9-12(24(29)30)4-7-18(16)22;1-33-21(26)22-17-8-11(23(27)28)2-5-14(17)20(15-6-3-12(24(29)30)9-18(15)22)16-7-4-13(25(31)32)10-19(16)22/h3*2-10,20H,1H3. The summed E-state index contributed by atoms with van der Waals surface area (Å²) < 4.78 is 15.4. The molecule has 0 amide bonds. The Morgan fingerprint density at radius 2 is 0.394 bits per heavy atom. The van der Waals surface area contributed by atoms with Crippen LogP contribution >= 0.6 is 0 Å². The van der Waals surface area contributed by atoms with Crippen LogP contribution in [-0.4, -0.2) is 83.5 Å². The second kappa shape index (κ2) is 22.6. The molecule has 0 aromatic heterocycles. The van der Waals surface area contributed by atoms with Crippen molar-refractivity contribution < 1.29 is 72.9 Å². The molecule has 9 aromatic rings. The smallest absolute Gasteiger partial charge is 0.325 e. The predicted molar refractivity (Wildman–Crippen MR) is 336 cm³/mol. The van der Waals surface area contributed by atoms with Gasteiger partial charge in [-0.05, 0) is 100 Å². The molecule has 0 saturated carbocycles. The first-order chi connectivity index (χ1) is 47.1. The molecule has 9 aliphatic rings. The van der Waals surface area contributed by atoms with E-state index in [1.165, 1.54) is 153 Å². The van der Waals surface area contributed by atoms with Gasteiger partial charge >= 0.3 is 17.9 Å². The maximum absolute atomic E-state index is 13.5. The Labute approximate surface area is 550 Å². The third-order valence-electron chi connectivity index (χ3n) is 19.1. The Hall–Kier alpha value is -14.0. The Bertz CT molecular complexity index is 5030. The summed E-state index contributed by atoms with van der Waals surface area (Å²) in [5, 5.41) is 104. The lowest BCUT2D eigenvalue weighted by Gasteiger charge is -2.48. The van der Waals surface area contributed by atoms with E-state index in [0.29, 0.717) is 72.3 Å². The average Bonchev–Trinajstić information content (AvgIpc) is 0.686.